The highest BCUT2D eigenvalue weighted by atomic mass is 16.6. The topological polar surface area (TPSA) is 81.4 Å². The van der Waals surface area contributed by atoms with Crippen LogP contribution in [-0.4, -0.2) is 29.6 Å². The summed E-state index contributed by atoms with van der Waals surface area (Å²) >= 11 is 0. The summed E-state index contributed by atoms with van der Waals surface area (Å²) in [6.45, 7) is 5.47. The Bertz CT molecular complexity index is 451. The highest BCUT2D eigenvalue weighted by molar-refractivity contribution is 5.87. The van der Waals surface area contributed by atoms with Gasteiger partial charge in [-0.1, -0.05) is 13.8 Å². The molecule has 0 unspecified atom stereocenters. The lowest BCUT2D eigenvalue weighted by molar-refractivity contribution is -0.190. The number of hydrogen-bond donors (Lipinski definition) is 2. The molecule has 1 amide bonds. The Morgan fingerprint density at radius 1 is 1.04 bits per heavy atom. The summed E-state index contributed by atoms with van der Waals surface area (Å²) in [5.41, 5.74) is 5.34. The van der Waals surface area contributed by atoms with E-state index in [4.69, 9.17) is 10.5 Å². The summed E-state index contributed by atoms with van der Waals surface area (Å²) in [6.07, 6.45) is 6.97. The Hall–Kier alpha value is -1.10. The number of hydrogen-bond acceptors (Lipinski definition) is 4. The highest BCUT2D eigenvalue weighted by Crippen LogP contribution is 2.57. The summed E-state index contributed by atoms with van der Waals surface area (Å²) < 4.78 is 6.06. The monoisotopic (exact) mass is 322 g/mol. The normalized spacial score (nSPS) is 37.5. The predicted molar refractivity (Wildman–Crippen MR) is 87.4 cm³/mol. The van der Waals surface area contributed by atoms with Crippen molar-refractivity contribution >= 4 is 11.9 Å². The zero-order valence-electron chi connectivity index (χ0n) is 14.5. The van der Waals surface area contributed by atoms with Gasteiger partial charge in [-0.3, -0.25) is 4.79 Å². The van der Waals surface area contributed by atoms with Crippen LogP contribution in [0.4, 0.5) is 0 Å². The van der Waals surface area contributed by atoms with Crippen molar-refractivity contribution in [2.24, 2.45) is 29.4 Å². The summed E-state index contributed by atoms with van der Waals surface area (Å²) in [4.78, 5) is 24.6. The van der Waals surface area contributed by atoms with E-state index >= 15 is 0 Å². The fraction of sp³-hybridized carbons (Fsp3) is 0.889. The van der Waals surface area contributed by atoms with E-state index in [1.165, 1.54) is 19.3 Å². The number of nitrogens with two attached hydrogens (primary N) is 1. The fourth-order valence-corrected chi connectivity index (χ4v) is 5.22. The van der Waals surface area contributed by atoms with Crippen LogP contribution < -0.4 is 11.1 Å². The molecule has 5 heteroatoms. The number of nitrogens with one attached hydrogen (secondary N) is 1. The minimum absolute atomic E-state index is 0.0147. The van der Waals surface area contributed by atoms with Gasteiger partial charge in [0, 0.05) is 0 Å². The minimum Gasteiger partial charge on any atom is -0.458 e. The van der Waals surface area contributed by atoms with Gasteiger partial charge in [-0.25, -0.2) is 4.79 Å². The molecule has 4 rings (SSSR count). The zero-order valence-corrected chi connectivity index (χ0v) is 14.5. The molecule has 4 bridgehead atoms. The molecule has 2 atom stereocenters. The van der Waals surface area contributed by atoms with Crippen LogP contribution in [0.2, 0.25) is 0 Å². The lowest BCUT2D eigenvalue weighted by atomic mass is 9.54. The molecule has 4 aliphatic carbocycles. The van der Waals surface area contributed by atoms with E-state index in [9.17, 15) is 9.59 Å². The maximum atomic E-state index is 12.7. The number of carbonyl (C=O) groups excluding carboxylic acids is 2. The first-order valence-electron chi connectivity index (χ1n) is 9.07. The average Bonchev–Trinajstić information content (AvgIpc) is 2.41. The van der Waals surface area contributed by atoms with E-state index < -0.39 is 12.1 Å². The molecule has 0 heterocycles. The predicted octanol–water partition coefficient (Wildman–Crippen LogP) is 1.99. The van der Waals surface area contributed by atoms with Crippen molar-refractivity contribution in [2.75, 3.05) is 0 Å². The number of rotatable bonds is 5. The number of amides is 1. The van der Waals surface area contributed by atoms with Crippen LogP contribution in [0.25, 0.3) is 0 Å². The first-order valence-corrected chi connectivity index (χ1v) is 9.07. The van der Waals surface area contributed by atoms with Gasteiger partial charge in [0.15, 0.2) is 0 Å². The van der Waals surface area contributed by atoms with Gasteiger partial charge in [-0.2, -0.15) is 0 Å². The molecule has 0 aromatic rings. The van der Waals surface area contributed by atoms with E-state index in [1.54, 1.807) is 6.92 Å². The van der Waals surface area contributed by atoms with Crippen LogP contribution in [0.1, 0.15) is 59.3 Å². The van der Waals surface area contributed by atoms with Crippen molar-refractivity contribution in [2.45, 2.75) is 77.0 Å². The number of esters is 1. The Balaban J connectivity index is 1.68. The molecule has 0 aliphatic heterocycles. The fourth-order valence-electron chi connectivity index (χ4n) is 5.22. The Morgan fingerprint density at radius 2 is 1.52 bits per heavy atom. The van der Waals surface area contributed by atoms with Crippen LogP contribution in [0.3, 0.4) is 0 Å². The summed E-state index contributed by atoms with van der Waals surface area (Å²) in [7, 11) is 0. The maximum absolute atomic E-state index is 12.7. The molecule has 4 saturated carbocycles. The van der Waals surface area contributed by atoms with E-state index in [0.29, 0.717) is 0 Å². The molecule has 0 spiro atoms. The summed E-state index contributed by atoms with van der Waals surface area (Å²) in [5, 5.41) is 2.76. The molecule has 5 nitrogen and oxygen atoms in total. The third-order valence-electron chi connectivity index (χ3n) is 5.93. The SMILES string of the molecule is CC(C)[C@H](NC(=O)[C@H](C)N)C(=O)OC12CC3CC(CC(C3)C1)C2. The molecule has 0 aromatic carbocycles. The molecule has 130 valence electrons. The summed E-state index contributed by atoms with van der Waals surface area (Å²) in [6, 6.07) is -1.23. The second-order valence-corrected chi connectivity index (χ2v) is 8.54. The van der Waals surface area contributed by atoms with Crippen LogP contribution in [0.15, 0.2) is 0 Å². The first kappa shape index (κ1) is 16.7. The van der Waals surface area contributed by atoms with Crippen molar-refractivity contribution in [1.29, 1.82) is 0 Å². The van der Waals surface area contributed by atoms with Crippen LogP contribution >= 0.6 is 0 Å². The summed E-state index contributed by atoms with van der Waals surface area (Å²) in [5.74, 6) is 1.59. The Kier molecular flexibility index (Phi) is 4.43. The van der Waals surface area contributed by atoms with E-state index in [1.807, 2.05) is 13.8 Å². The van der Waals surface area contributed by atoms with Crippen molar-refractivity contribution in [3.8, 4) is 0 Å². The Labute approximate surface area is 138 Å². The molecule has 3 N–H and O–H groups in total. The van der Waals surface area contributed by atoms with E-state index in [2.05, 4.69) is 5.32 Å². The van der Waals surface area contributed by atoms with Crippen molar-refractivity contribution in [3.05, 3.63) is 0 Å². The molecule has 4 aliphatic rings. The smallest absolute Gasteiger partial charge is 0.329 e. The van der Waals surface area contributed by atoms with Gasteiger partial charge in [-0.05, 0) is 69.1 Å². The van der Waals surface area contributed by atoms with Crippen molar-refractivity contribution in [1.82, 2.24) is 5.32 Å². The lowest BCUT2D eigenvalue weighted by Gasteiger charge is -2.55. The number of ether oxygens (including phenoxy) is 1. The third-order valence-corrected chi connectivity index (χ3v) is 5.93. The highest BCUT2D eigenvalue weighted by Gasteiger charge is 2.53. The van der Waals surface area contributed by atoms with Crippen molar-refractivity contribution < 1.29 is 14.3 Å². The van der Waals surface area contributed by atoms with E-state index in [0.717, 1.165) is 37.0 Å². The zero-order chi connectivity index (χ0) is 16.8. The lowest BCUT2D eigenvalue weighted by Crippen LogP contribution is -2.56. The van der Waals surface area contributed by atoms with Gasteiger partial charge in [-0.15, -0.1) is 0 Å². The molecular weight excluding hydrogens is 292 g/mol. The number of carbonyl (C=O) groups is 2. The molecular formula is C18H30N2O3. The molecule has 0 aromatic heterocycles. The standard InChI is InChI=1S/C18H30N2O3/c1-10(2)15(20-16(21)11(3)19)17(22)23-18-7-12-4-13(8-18)6-14(5-12)9-18/h10-15H,4-9,19H2,1-3H3,(H,20,21)/t11-,12?,13?,14?,15-,18?/m0/s1. The molecule has 0 radical (unpaired) electrons. The van der Waals surface area contributed by atoms with Gasteiger partial charge >= 0.3 is 5.97 Å². The van der Waals surface area contributed by atoms with Gasteiger partial charge in [0.05, 0.1) is 6.04 Å². The first-order chi connectivity index (χ1) is 10.8. The van der Waals surface area contributed by atoms with Gasteiger partial charge in [0.1, 0.15) is 11.6 Å². The van der Waals surface area contributed by atoms with Crippen molar-refractivity contribution in [3.63, 3.8) is 0 Å². The van der Waals surface area contributed by atoms with E-state index in [-0.39, 0.29) is 23.4 Å². The Morgan fingerprint density at radius 3 is 1.91 bits per heavy atom. The van der Waals surface area contributed by atoms with Gasteiger partial charge < -0.3 is 15.8 Å². The second-order valence-electron chi connectivity index (χ2n) is 8.54. The molecule has 0 saturated heterocycles. The van der Waals surface area contributed by atoms with Gasteiger partial charge in [0.25, 0.3) is 0 Å². The van der Waals surface area contributed by atoms with Gasteiger partial charge in [0.2, 0.25) is 5.91 Å². The second kappa shape index (κ2) is 6.08. The molecule has 4 fully saturated rings. The molecule has 23 heavy (non-hydrogen) atoms. The minimum atomic E-state index is -0.622. The maximum Gasteiger partial charge on any atom is 0.329 e. The quantitative estimate of drug-likeness (QED) is 0.758. The van der Waals surface area contributed by atoms with Crippen LogP contribution in [0, 0.1) is 23.7 Å². The third kappa shape index (κ3) is 3.39. The average molecular weight is 322 g/mol. The van der Waals surface area contributed by atoms with Crippen LogP contribution in [-0.2, 0) is 14.3 Å². The van der Waals surface area contributed by atoms with Crippen LogP contribution in [0.5, 0.6) is 0 Å². The largest absolute Gasteiger partial charge is 0.458 e.